The number of amides is 2. The van der Waals surface area contributed by atoms with Gasteiger partial charge in [0.05, 0.1) is 64.0 Å². The number of sulfonamides is 1. The van der Waals surface area contributed by atoms with Crippen molar-refractivity contribution in [3.8, 4) is 28.7 Å². The summed E-state index contributed by atoms with van der Waals surface area (Å²) in [5.74, 6) is 2.40. The number of hydrogen-bond donors (Lipinski definition) is 4. The van der Waals surface area contributed by atoms with Crippen LogP contribution in [0.25, 0.3) is 10.8 Å². The third-order valence-electron chi connectivity index (χ3n) is 8.58. The Morgan fingerprint density at radius 2 is 1.45 bits per heavy atom. The highest BCUT2D eigenvalue weighted by molar-refractivity contribution is 7.92. The highest BCUT2D eigenvalue weighted by Gasteiger charge is 2.23. The molecule has 0 aliphatic heterocycles. The second-order valence-electron chi connectivity index (χ2n) is 14.3. The summed E-state index contributed by atoms with van der Waals surface area (Å²) in [6.07, 6.45) is 2.66. The zero-order valence-corrected chi connectivity index (χ0v) is 35.5. The van der Waals surface area contributed by atoms with E-state index in [-0.39, 0.29) is 42.4 Å². The second-order valence-corrected chi connectivity index (χ2v) is 16.0. The van der Waals surface area contributed by atoms with E-state index in [1.165, 1.54) is 7.11 Å². The molecule has 0 spiro atoms. The highest BCUT2D eigenvalue weighted by Crippen LogP contribution is 2.40. The summed E-state index contributed by atoms with van der Waals surface area (Å²) < 4.78 is 65.7. The van der Waals surface area contributed by atoms with E-state index < -0.39 is 22.0 Å². The van der Waals surface area contributed by atoms with Gasteiger partial charge in [-0.3, -0.25) is 4.72 Å². The quantitative estimate of drug-likeness (QED) is 0.0434. The molecule has 5 rings (SSSR count). The Balaban J connectivity index is 1.25. The van der Waals surface area contributed by atoms with Crippen LogP contribution in [0.4, 0.5) is 33.4 Å². The molecule has 0 saturated heterocycles. The number of nitrogens with zero attached hydrogens (tertiary/aromatic N) is 1. The molecular weight excluding hydrogens is 795 g/mol. The zero-order chi connectivity index (χ0) is 43.3. The number of carbonyl (C=O) groups is 2. The van der Waals surface area contributed by atoms with E-state index in [1.54, 1.807) is 74.8 Å². The molecule has 320 valence electrons. The highest BCUT2D eigenvalue weighted by atomic mass is 32.2. The lowest BCUT2D eigenvalue weighted by atomic mass is 9.86. The maximum Gasteiger partial charge on any atom is 0.332 e. The van der Waals surface area contributed by atoms with Crippen molar-refractivity contribution in [2.45, 2.75) is 33.1 Å². The van der Waals surface area contributed by atoms with Crippen LogP contribution < -0.4 is 39.6 Å². The monoisotopic (exact) mass is 845 g/mol. The molecule has 0 aliphatic rings. The number of carbonyl (C=O) groups excluding carboxylic acids is 2. The summed E-state index contributed by atoms with van der Waals surface area (Å²) in [7, 11) is -0.684. The van der Waals surface area contributed by atoms with Crippen LogP contribution in [0, 0.1) is 0 Å². The van der Waals surface area contributed by atoms with Crippen molar-refractivity contribution in [2.24, 2.45) is 0 Å². The minimum atomic E-state index is -3.65. The largest absolute Gasteiger partial charge is 0.497 e. The maximum atomic E-state index is 13.5. The van der Waals surface area contributed by atoms with Crippen molar-refractivity contribution in [3.63, 3.8) is 0 Å². The average molecular weight is 846 g/mol. The summed E-state index contributed by atoms with van der Waals surface area (Å²) in [5, 5.41) is 10.5. The lowest BCUT2D eigenvalue weighted by Gasteiger charge is -2.24. The molecule has 0 saturated carbocycles. The predicted molar refractivity (Wildman–Crippen MR) is 231 cm³/mol. The molecule has 2 amide bonds. The topological polar surface area (TPSA) is 194 Å². The Kier molecular flexibility index (Phi) is 15.4. The van der Waals surface area contributed by atoms with Gasteiger partial charge in [0.1, 0.15) is 42.0 Å². The van der Waals surface area contributed by atoms with Crippen LogP contribution in [0.1, 0.15) is 33.3 Å². The molecule has 0 unspecified atom stereocenters. The standard InChI is InChI=1S/C43H51N5O11S/c1-8-57-40(49)27-56-18-17-55-19-20-58-32-24-29(23-31(25-32)53-5)45-39-26-30(15-16-44-39)59-38-14-13-35(33-11-9-10-12-34(33)38)46-42(50)47-36-21-28(43(2,3)4)22-37(41(36)54-6)48-60(7,51)52/h9-16,21-26,48H,8,17-20,27H2,1-7H3,(H,44,45)(H2,46,47,50). The fourth-order valence-electron chi connectivity index (χ4n) is 5.85. The molecule has 0 aliphatic carbocycles. The van der Waals surface area contributed by atoms with Gasteiger partial charge in [-0.2, -0.15) is 0 Å². The molecule has 0 fully saturated rings. The molecule has 60 heavy (non-hydrogen) atoms. The van der Waals surface area contributed by atoms with Crippen LogP contribution in [0.15, 0.2) is 85.1 Å². The Hall–Kier alpha value is -6.30. The first-order valence-corrected chi connectivity index (χ1v) is 20.9. The fraction of sp³-hybridized carbons (Fsp3) is 0.326. The van der Waals surface area contributed by atoms with Crippen LogP contribution in [0.2, 0.25) is 0 Å². The van der Waals surface area contributed by atoms with Crippen LogP contribution in [-0.4, -0.2) is 85.5 Å². The predicted octanol–water partition coefficient (Wildman–Crippen LogP) is 8.08. The number of rotatable bonds is 20. The third kappa shape index (κ3) is 13.1. The smallest absolute Gasteiger partial charge is 0.332 e. The van der Waals surface area contributed by atoms with Crippen molar-refractivity contribution >= 4 is 61.4 Å². The molecule has 16 nitrogen and oxygen atoms in total. The molecule has 4 aromatic carbocycles. The minimum Gasteiger partial charge on any atom is -0.497 e. The average Bonchev–Trinajstić information content (AvgIpc) is 3.19. The van der Waals surface area contributed by atoms with Gasteiger partial charge in [-0.15, -0.1) is 0 Å². The number of anilines is 5. The van der Waals surface area contributed by atoms with E-state index >= 15 is 0 Å². The molecule has 17 heteroatoms. The summed E-state index contributed by atoms with van der Waals surface area (Å²) in [6.45, 7) is 8.98. The molecule has 5 aromatic rings. The Labute approximate surface area is 349 Å². The van der Waals surface area contributed by atoms with Gasteiger partial charge >= 0.3 is 12.0 Å². The number of pyridine rings is 1. The van der Waals surface area contributed by atoms with E-state index in [4.69, 9.17) is 33.2 Å². The molecule has 0 atom stereocenters. The molecule has 0 bridgehead atoms. The van der Waals surface area contributed by atoms with Crippen molar-refractivity contribution in [2.75, 3.05) is 80.8 Å². The number of ether oxygens (including phenoxy) is 7. The summed E-state index contributed by atoms with van der Waals surface area (Å²) >= 11 is 0. The van der Waals surface area contributed by atoms with Gasteiger partial charge in [0.2, 0.25) is 10.0 Å². The van der Waals surface area contributed by atoms with Gasteiger partial charge in [0.15, 0.2) is 5.75 Å². The number of aromatic nitrogens is 1. The molecule has 0 radical (unpaired) electrons. The van der Waals surface area contributed by atoms with Crippen molar-refractivity contribution in [1.82, 2.24) is 4.98 Å². The van der Waals surface area contributed by atoms with Crippen LogP contribution in [0.3, 0.4) is 0 Å². The Bertz CT molecular complexity index is 2390. The number of nitrogens with one attached hydrogen (secondary N) is 4. The number of urea groups is 1. The molecule has 1 heterocycles. The van der Waals surface area contributed by atoms with Crippen molar-refractivity contribution in [3.05, 3.63) is 90.6 Å². The van der Waals surface area contributed by atoms with Gasteiger partial charge in [-0.1, -0.05) is 45.0 Å². The van der Waals surface area contributed by atoms with Gasteiger partial charge in [-0.05, 0) is 48.2 Å². The first-order chi connectivity index (χ1) is 28.6. The minimum absolute atomic E-state index is 0.119. The zero-order valence-electron chi connectivity index (χ0n) is 34.7. The number of esters is 1. The summed E-state index contributed by atoms with van der Waals surface area (Å²) in [6, 6.07) is 22.7. The summed E-state index contributed by atoms with van der Waals surface area (Å²) in [4.78, 5) is 29.3. The van der Waals surface area contributed by atoms with Crippen molar-refractivity contribution in [1.29, 1.82) is 0 Å². The first kappa shape index (κ1) is 44.8. The number of methoxy groups -OCH3 is 2. The Morgan fingerprint density at radius 1 is 0.750 bits per heavy atom. The first-order valence-electron chi connectivity index (χ1n) is 19.0. The van der Waals surface area contributed by atoms with Crippen LogP contribution in [0.5, 0.6) is 28.7 Å². The second kappa shape index (κ2) is 20.6. The lowest BCUT2D eigenvalue weighted by molar-refractivity contribution is -0.148. The number of fused-ring (bicyclic) bond motifs is 1. The fourth-order valence-corrected chi connectivity index (χ4v) is 6.41. The third-order valence-corrected chi connectivity index (χ3v) is 9.17. The van der Waals surface area contributed by atoms with Crippen molar-refractivity contribution < 1.29 is 51.2 Å². The lowest BCUT2D eigenvalue weighted by Crippen LogP contribution is -2.22. The normalized spacial score (nSPS) is 11.4. The van der Waals surface area contributed by atoms with Gasteiger partial charge in [-0.25, -0.2) is 23.0 Å². The number of hydrogen-bond acceptors (Lipinski definition) is 13. The SMILES string of the molecule is CCOC(=O)COCCOCCOc1cc(Nc2cc(Oc3ccc(NC(=O)Nc4cc(C(C)(C)C)cc(NS(C)(=O)=O)c4OC)c4ccccc34)ccn2)cc(OC)c1. The maximum absolute atomic E-state index is 13.5. The molecular formula is C43H51N5O11S. The van der Waals surface area contributed by atoms with Crippen LogP contribution in [-0.2, 0) is 34.4 Å². The Morgan fingerprint density at radius 3 is 2.17 bits per heavy atom. The molecule has 4 N–H and O–H groups in total. The van der Waals surface area contributed by atoms with Gasteiger partial charge in [0.25, 0.3) is 0 Å². The van der Waals surface area contributed by atoms with E-state index in [2.05, 4.69) is 25.7 Å². The van der Waals surface area contributed by atoms with E-state index in [9.17, 15) is 18.0 Å². The van der Waals surface area contributed by atoms with E-state index in [1.807, 2.05) is 45.0 Å². The van der Waals surface area contributed by atoms with E-state index in [0.29, 0.717) is 65.4 Å². The number of benzene rings is 4. The summed E-state index contributed by atoms with van der Waals surface area (Å²) in [5.41, 5.74) is 2.07. The van der Waals surface area contributed by atoms with E-state index in [0.717, 1.165) is 17.2 Å². The van der Waals surface area contributed by atoms with Gasteiger partial charge in [0, 0.05) is 46.9 Å². The van der Waals surface area contributed by atoms with Gasteiger partial charge < -0.3 is 49.1 Å². The van der Waals surface area contributed by atoms with Crippen LogP contribution >= 0.6 is 0 Å². The molecule has 1 aromatic heterocycles.